The molecule has 24 heavy (non-hydrogen) atoms. The lowest BCUT2D eigenvalue weighted by molar-refractivity contribution is -0.131. The minimum atomic E-state index is 0.218. The number of nitrogens with zero attached hydrogens (tertiary/aromatic N) is 3. The van der Waals surface area contributed by atoms with Crippen LogP contribution >= 0.6 is 11.3 Å². The van der Waals surface area contributed by atoms with Crippen molar-refractivity contribution in [3.05, 3.63) is 70.7 Å². The quantitative estimate of drug-likeness (QED) is 0.725. The molecule has 3 aromatic rings. The van der Waals surface area contributed by atoms with Gasteiger partial charge in [-0.25, -0.2) is 4.68 Å². The number of hydrogen-bond acceptors (Lipinski definition) is 3. The number of benzene rings is 1. The molecule has 1 atom stereocenters. The Labute approximate surface area is 145 Å². The van der Waals surface area contributed by atoms with Gasteiger partial charge in [-0.1, -0.05) is 12.1 Å². The standard InChI is InChI=1S/C19H19N3OS/c23-19(21-10-1-3-18(21)16-8-12-24-14-16)13-15-4-6-17(7-5-15)22-11-2-9-20-22/h2,4-9,11-12,14,18H,1,3,10,13H2/t18-/m1/s1. The van der Waals surface area contributed by atoms with Crippen LogP contribution in [0.15, 0.2) is 59.6 Å². The van der Waals surface area contributed by atoms with E-state index in [4.69, 9.17) is 0 Å². The first-order valence-corrected chi connectivity index (χ1v) is 9.16. The van der Waals surface area contributed by atoms with Gasteiger partial charge < -0.3 is 4.90 Å². The molecule has 1 saturated heterocycles. The molecule has 1 aliphatic rings. The molecule has 0 aliphatic carbocycles. The highest BCUT2D eigenvalue weighted by Gasteiger charge is 2.29. The Bertz CT molecular complexity index is 794. The first-order valence-electron chi connectivity index (χ1n) is 8.22. The lowest BCUT2D eigenvalue weighted by Crippen LogP contribution is -2.31. The van der Waals surface area contributed by atoms with Crippen molar-refractivity contribution in [2.24, 2.45) is 0 Å². The minimum Gasteiger partial charge on any atom is -0.335 e. The van der Waals surface area contributed by atoms with Crippen molar-refractivity contribution < 1.29 is 4.79 Å². The zero-order chi connectivity index (χ0) is 16.4. The van der Waals surface area contributed by atoms with Gasteiger partial charge >= 0.3 is 0 Å². The average molecular weight is 337 g/mol. The minimum absolute atomic E-state index is 0.218. The molecule has 5 heteroatoms. The van der Waals surface area contributed by atoms with Gasteiger partial charge in [-0.15, -0.1) is 0 Å². The second kappa shape index (κ2) is 6.61. The summed E-state index contributed by atoms with van der Waals surface area (Å²) in [5, 5.41) is 8.47. The average Bonchev–Trinajstić information content (AvgIpc) is 3.35. The highest BCUT2D eigenvalue weighted by molar-refractivity contribution is 7.07. The predicted octanol–water partition coefficient (Wildman–Crippen LogP) is 3.84. The molecule has 1 aromatic carbocycles. The molecule has 3 heterocycles. The smallest absolute Gasteiger partial charge is 0.227 e. The third kappa shape index (κ3) is 2.99. The van der Waals surface area contributed by atoms with E-state index in [0.29, 0.717) is 6.42 Å². The second-order valence-corrected chi connectivity index (χ2v) is 6.88. The van der Waals surface area contributed by atoms with Crippen molar-refractivity contribution in [3.8, 4) is 5.69 Å². The molecular weight excluding hydrogens is 318 g/mol. The molecule has 0 spiro atoms. The van der Waals surface area contributed by atoms with Crippen molar-refractivity contribution in [3.63, 3.8) is 0 Å². The Hall–Kier alpha value is -2.40. The fraction of sp³-hybridized carbons (Fsp3) is 0.263. The van der Waals surface area contributed by atoms with Crippen molar-refractivity contribution >= 4 is 17.2 Å². The van der Waals surface area contributed by atoms with Gasteiger partial charge in [-0.3, -0.25) is 4.79 Å². The maximum atomic E-state index is 12.7. The molecule has 122 valence electrons. The molecule has 0 saturated carbocycles. The van der Waals surface area contributed by atoms with Crippen molar-refractivity contribution in [1.29, 1.82) is 0 Å². The highest BCUT2D eigenvalue weighted by Crippen LogP contribution is 2.33. The number of carbonyl (C=O) groups excluding carboxylic acids is 1. The Morgan fingerprint density at radius 2 is 2.12 bits per heavy atom. The van der Waals surface area contributed by atoms with Crippen molar-refractivity contribution in [1.82, 2.24) is 14.7 Å². The van der Waals surface area contributed by atoms with Gasteiger partial charge in [-0.2, -0.15) is 16.4 Å². The molecule has 0 unspecified atom stereocenters. The van der Waals surface area contributed by atoms with E-state index in [9.17, 15) is 4.79 Å². The third-order valence-electron chi connectivity index (χ3n) is 4.56. The lowest BCUT2D eigenvalue weighted by atomic mass is 10.1. The SMILES string of the molecule is O=C(Cc1ccc(-n2cccn2)cc1)N1CCC[C@@H]1c1ccsc1. The summed E-state index contributed by atoms with van der Waals surface area (Å²) < 4.78 is 1.82. The van der Waals surface area contributed by atoms with E-state index >= 15 is 0 Å². The van der Waals surface area contributed by atoms with Crippen LogP contribution in [0, 0.1) is 0 Å². The van der Waals surface area contributed by atoms with Crippen LogP contribution in [-0.4, -0.2) is 27.1 Å². The van der Waals surface area contributed by atoms with Gasteiger partial charge in [0.1, 0.15) is 0 Å². The molecule has 0 bridgehead atoms. The number of aromatic nitrogens is 2. The summed E-state index contributed by atoms with van der Waals surface area (Å²) in [7, 11) is 0. The largest absolute Gasteiger partial charge is 0.335 e. The van der Waals surface area contributed by atoms with Crippen molar-refractivity contribution in [2.45, 2.75) is 25.3 Å². The zero-order valence-electron chi connectivity index (χ0n) is 13.3. The molecule has 1 aliphatic heterocycles. The van der Waals surface area contributed by atoms with Crippen LogP contribution in [0.5, 0.6) is 0 Å². The van der Waals surface area contributed by atoms with Crippen LogP contribution in [0.3, 0.4) is 0 Å². The summed E-state index contributed by atoms with van der Waals surface area (Å²) >= 11 is 1.70. The van der Waals surface area contributed by atoms with Crippen LogP contribution in [0.2, 0.25) is 0 Å². The number of hydrogen-bond donors (Lipinski definition) is 0. The Kier molecular flexibility index (Phi) is 4.17. The molecule has 2 aromatic heterocycles. The molecule has 0 radical (unpaired) electrons. The summed E-state index contributed by atoms with van der Waals surface area (Å²) in [6.07, 6.45) is 6.29. The lowest BCUT2D eigenvalue weighted by Gasteiger charge is -2.24. The Balaban J connectivity index is 1.46. The Morgan fingerprint density at radius 3 is 2.83 bits per heavy atom. The van der Waals surface area contributed by atoms with Gasteiger partial charge in [0.2, 0.25) is 5.91 Å². The molecule has 0 N–H and O–H groups in total. The van der Waals surface area contributed by atoms with Crippen LogP contribution in [0.1, 0.15) is 30.0 Å². The zero-order valence-corrected chi connectivity index (χ0v) is 14.2. The predicted molar refractivity (Wildman–Crippen MR) is 95.3 cm³/mol. The van der Waals surface area contributed by atoms with E-state index < -0.39 is 0 Å². The normalized spacial score (nSPS) is 17.3. The first kappa shape index (κ1) is 15.1. The third-order valence-corrected chi connectivity index (χ3v) is 5.26. The second-order valence-electron chi connectivity index (χ2n) is 6.10. The molecular formula is C19H19N3OS. The topological polar surface area (TPSA) is 38.1 Å². The fourth-order valence-corrected chi connectivity index (χ4v) is 4.05. The maximum absolute atomic E-state index is 12.7. The van der Waals surface area contributed by atoms with Crippen LogP contribution in [0.4, 0.5) is 0 Å². The van der Waals surface area contributed by atoms with E-state index in [0.717, 1.165) is 30.6 Å². The van der Waals surface area contributed by atoms with Crippen LogP contribution < -0.4 is 0 Å². The van der Waals surface area contributed by atoms with E-state index in [1.54, 1.807) is 17.5 Å². The van der Waals surface area contributed by atoms with Crippen molar-refractivity contribution in [2.75, 3.05) is 6.54 Å². The van der Waals surface area contributed by atoms with Gasteiger partial charge in [-0.05, 0) is 59.0 Å². The number of amides is 1. The molecule has 1 amide bonds. The number of carbonyl (C=O) groups is 1. The van der Waals surface area contributed by atoms with E-state index in [1.807, 2.05) is 46.1 Å². The van der Waals surface area contributed by atoms with E-state index in [-0.39, 0.29) is 11.9 Å². The van der Waals surface area contributed by atoms with Gasteiger partial charge in [0.05, 0.1) is 18.2 Å². The first-order chi connectivity index (χ1) is 11.8. The summed E-state index contributed by atoms with van der Waals surface area (Å²) in [4.78, 5) is 14.8. The molecule has 4 nitrogen and oxygen atoms in total. The Morgan fingerprint density at radius 1 is 1.25 bits per heavy atom. The number of likely N-dealkylation sites (tertiary alicyclic amines) is 1. The monoisotopic (exact) mass is 337 g/mol. The van der Waals surface area contributed by atoms with Gasteiger partial charge in [0, 0.05) is 18.9 Å². The summed E-state index contributed by atoms with van der Waals surface area (Å²) in [6, 6.07) is 12.4. The highest BCUT2D eigenvalue weighted by atomic mass is 32.1. The summed E-state index contributed by atoms with van der Waals surface area (Å²) in [5.41, 5.74) is 3.33. The fourth-order valence-electron chi connectivity index (χ4n) is 3.34. The van der Waals surface area contributed by atoms with E-state index in [2.05, 4.69) is 21.9 Å². The summed E-state index contributed by atoms with van der Waals surface area (Å²) in [6.45, 7) is 0.866. The number of thiophene rings is 1. The molecule has 4 rings (SSSR count). The summed E-state index contributed by atoms with van der Waals surface area (Å²) in [5.74, 6) is 0.218. The number of rotatable bonds is 4. The maximum Gasteiger partial charge on any atom is 0.227 e. The van der Waals surface area contributed by atoms with Gasteiger partial charge in [0.15, 0.2) is 0 Å². The van der Waals surface area contributed by atoms with Gasteiger partial charge in [0.25, 0.3) is 0 Å². The van der Waals surface area contributed by atoms with Crippen LogP contribution in [0.25, 0.3) is 5.69 Å². The van der Waals surface area contributed by atoms with E-state index in [1.165, 1.54) is 5.56 Å². The molecule has 1 fully saturated rings. The van der Waals surface area contributed by atoms with Crippen LogP contribution in [-0.2, 0) is 11.2 Å².